The summed E-state index contributed by atoms with van der Waals surface area (Å²) in [5, 5.41) is 10.3. The van der Waals surface area contributed by atoms with Gasteiger partial charge >= 0.3 is 0 Å². The third-order valence-electron chi connectivity index (χ3n) is 7.80. The van der Waals surface area contributed by atoms with Crippen molar-refractivity contribution in [2.75, 3.05) is 6.61 Å². The third-order valence-corrected chi connectivity index (χ3v) is 7.80. The first-order valence-electron chi connectivity index (χ1n) is 9.04. The number of carbonyl (C=O) groups excluding carboxylic acids is 1. The summed E-state index contributed by atoms with van der Waals surface area (Å²) in [7, 11) is 0. The molecule has 0 aliphatic heterocycles. The van der Waals surface area contributed by atoms with Crippen LogP contribution in [-0.4, -0.2) is 17.5 Å². The van der Waals surface area contributed by atoms with Crippen LogP contribution in [0.15, 0.2) is 23.8 Å². The summed E-state index contributed by atoms with van der Waals surface area (Å²) in [6.07, 6.45) is 10.7. The Hall–Kier alpha value is -0.890. The fourth-order valence-corrected chi connectivity index (χ4v) is 6.52. The average Bonchev–Trinajstić information content (AvgIpc) is 2.82. The van der Waals surface area contributed by atoms with E-state index < -0.39 is 0 Å². The first kappa shape index (κ1) is 14.7. The summed E-state index contributed by atoms with van der Waals surface area (Å²) in [4.78, 5) is 12.4. The summed E-state index contributed by atoms with van der Waals surface area (Å²) in [6.45, 7) is 6.65. The molecule has 120 valence electrons. The summed E-state index contributed by atoms with van der Waals surface area (Å²) < 4.78 is 0. The van der Waals surface area contributed by atoms with Crippen molar-refractivity contribution in [2.45, 2.75) is 58.3 Å². The highest BCUT2D eigenvalue weighted by molar-refractivity contribution is 5.87. The normalized spacial score (nSPS) is 47.5. The monoisotopic (exact) mass is 300 g/mol. The molecule has 2 nitrogen and oxygen atoms in total. The molecule has 0 saturated heterocycles. The molecular weight excluding hydrogens is 272 g/mol. The fourth-order valence-electron chi connectivity index (χ4n) is 6.52. The van der Waals surface area contributed by atoms with Gasteiger partial charge in [-0.15, -0.1) is 0 Å². The van der Waals surface area contributed by atoms with Gasteiger partial charge in [0, 0.05) is 17.3 Å². The zero-order valence-corrected chi connectivity index (χ0v) is 13.7. The maximum atomic E-state index is 12.4. The Labute approximate surface area is 133 Å². The van der Waals surface area contributed by atoms with E-state index in [4.69, 9.17) is 0 Å². The Balaban J connectivity index is 1.73. The minimum absolute atomic E-state index is 0.00290. The van der Waals surface area contributed by atoms with E-state index in [1.165, 1.54) is 17.6 Å². The van der Waals surface area contributed by atoms with Crippen LogP contribution in [0.1, 0.15) is 58.3 Å². The Morgan fingerprint density at radius 2 is 2.00 bits per heavy atom. The van der Waals surface area contributed by atoms with Crippen molar-refractivity contribution in [1.29, 1.82) is 0 Å². The predicted molar refractivity (Wildman–Crippen MR) is 87.3 cm³/mol. The van der Waals surface area contributed by atoms with Crippen LogP contribution >= 0.6 is 0 Å². The van der Waals surface area contributed by atoms with E-state index in [0.717, 1.165) is 44.9 Å². The lowest BCUT2D eigenvalue weighted by Crippen LogP contribution is -2.52. The lowest BCUT2D eigenvalue weighted by molar-refractivity contribution is -0.133. The fraction of sp³-hybridized carbons (Fsp3) is 0.750. The molecular formula is C20H28O2. The number of aliphatic hydroxyl groups excluding tert-OH is 1. The highest BCUT2D eigenvalue weighted by atomic mass is 16.3. The van der Waals surface area contributed by atoms with Crippen molar-refractivity contribution in [3.63, 3.8) is 0 Å². The van der Waals surface area contributed by atoms with Crippen molar-refractivity contribution in [1.82, 2.24) is 0 Å². The standard InChI is InChI=1S/C20H28O2/c1-13-7-10-20(12-21)14(11-13)3-4-15-16-5-6-18(22)19(16,2)9-8-17(15)20/h11,15-17,21H,1,3-10,12H2,2H3/t15-,16-,17-,19-,20+/m0/s1. The highest BCUT2D eigenvalue weighted by Crippen LogP contribution is 2.64. The molecule has 0 unspecified atom stereocenters. The zero-order chi connectivity index (χ0) is 15.5. The average molecular weight is 300 g/mol. The molecule has 0 bridgehead atoms. The van der Waals surface area contributed by atoms with Gasteiger partial charge in [-0.1, -0.05) is 30.7 Å². The topological polar surface area (TPSA) is 37.3 Å². The van der Waals surface area contributed by atoms with Gasteiger partial charge in [0.25, 0.3) is 0 Å². The molecule has 0 aromatic carbocycles. The number of allylic oxidation sites excluding steroid dienone is 2. The number of ketones is 1. The smallest absolute Gasteiger partial charge is 0.139 e. The van der Waals surface area contributed by atoms with Crippen LogP contribution < -0.4 is 0 Å². The zero-order valence-electron chi connectivity index (χ0n) is 13.7. The molecule has 4 rings (SSSR count). The minimum Gasteiger partial charge on any atom is -0.395 e. The van der Waals surface area contributed by atoms with Gasteiger partial charge in [-0.3, -0.25) is 4.79 Å². The number of fused-ring (bicyclic) bond motifs is 5. The van der Waals surface area contributed by atoms with Crippen LogP contribution in [0.5, 0.6) is 0 Å². The van der Waals surface area contributed by atoms with Crippen LogP contribution in [0.25, 0.3) is 0 Å². The maximum Gasteiger partial charge on any atom is 0.139 e. The van der Waals surface area contributed by atoms with E-state index in [1.54, 1.807) is 0 Å². The quantitative estimate of drug-likeness (QED) is 0.793. The van der Waals surface area contributed by atoms with Crippen LogP contribution in [0.2, 0.25) is 0 Å². The molecule has 0 heterocycles. The van der Waals surface area contributed by atoms with Gasteiger partial charge in [-0.25, -0.2) is 0 Å². The number of carbonyl (C=O) groups is 1. The largest absolute Gasteiger partial charge is 0.395 e. The van der Waals surface area contributed by atoms with Crippen LogP contribution in [0.3, 0.4) is 0 Å². The number of hydrogen-bond donors (Lipinski definition) is 1. The third kappa shape index (κ3) is 1.73. The van der Waals surface area contributed by atoms with Crippen LogP contribution in [0, 0.1) is 28.6 Å². The molecule has 0 amide bonds. The van der Waals surface area contributed by atoms with Gasteiger partial charge in [0.1, 0.15) is 5.78 Å². The van der Waals surface area contributed by atoms with E-state index in [1.807, 2.05) is 0 Å². The maximum absolute atomic E-state index is 12.4. The second-order valence-electron chi connectivity index (χ2n) is 8.48. The lowest BCUT2D eigenvalue weighted by atomic mass is 9.47. The lowest BCUT2D eigenvalue weighted by Gasteiger charge is -2.57. The summed E-state index contributed by atoms with van der Waals surface area (Å²) in [6, 6.07) is 0. The van der Waals surface area contributed by atoms with E-state index in [0.29, 0.717) is 23.5 Å². The molecule has 22 heavy (non-hydrogen) atoms. The molecule has 4 aliphatic carbocycles. The van der Waals surface area contributed by atoms with Gasteiger partial charge < -0.3 is 5.11 Å². The molecule has 0 aromatic rings. The molecule has 4 aliphatic rings. The van der Waals surface area contributed by atoms with Gasteiger partial charge in [-0.2, -0.15) is 0 Å². The van der Waals surface area contributed by atoms with Crippen molar-refractivity contribution in [3.8, 4) is 0 Å². The van der Waals surface area contributed by atoms with Gasteiger partial charge in [0.2, 0.25) is 0 Å². The Bertz CT molecular complexity index is 560. The SMILES string of the molecule is C=C1C=C2CC[C@@H]3[C@H](CC[C@]4(C)C(=O)CC[C@@H]34)[C@@]2(CO)CC1. The summed E-state index contributed by atoms with van der Waals surface area (Å²) >= 11 is 0. The van der Waals surface area contributed by atoms with Crippen molar-refractivity contribution in [3.05, 3.63) is 23.8 Å². The number of Topliss-reactive ketones (excluding diaryl/α,β-unsaturated/α-hetero) is 1. The number of aliphatic hydroxyl groups is 1. The summed E-state index contributed by atoms with van der Waals surface area (Å²) in [5.41, 5.74) is 2.63. The molecule has 2 heteroatoms. The molecule has 0 radical (unpaired) electrons. The first-order chi connectivity index (χ1) is 10.5. The molecule has 5 atom stereocenters. The van der Waals surface area contributed by atoms with Gasteiger partial charge in [-0.05, 0) is 62.7 Å². The second-order valence-corrected chi connectivity index (χ2v) is 8.48. The molecule has 3 fully saturated rings. The summed E-state index contributed by atoms with van der Waals surface area (Å²) in [5.74, 6) is 2.29. The molecule has 0 aromatic heterocycles. The number of hydrogen-bond acceptors (Lipinski definition) is 2. The van der Waals surface area contributed by atoms with E-state index in [9.17, 15) is 9.90 Å². The number of rotatable bonds is 1. The molecule has 1 N–H and O–H groups in total. The first-order valence-corrected chi connectivity index (χ1v) is 9.04. The van der Waals surface area contributed by atoms with Gasteiger partial charge in [0.05, 0.1) is 6.61 Å². The van der Waals surface area contributed by atoms with E-state index in [-0.39, 0.29) is 17.4 Å². The van der Waals surface area contributed by atoms with E-state index >= 15 is 0 Å². The molecule has 3 saturated carbocycles. The Kier molecular flexibility index (Phi) is 3.21. The highest BCUT2D eigenvalue weighted by Gasteiger charge is 2.59. The van der Waals surface area contributed by atoms with Crippen LogP contribution in [-0.2, 0) is 4.79 Å². The van der Waals surface area contributed by atoms with Crippen molar-refractivity contribution < 1.29 is 9.90 Å². The molecule has 0 spiro atoms. The van der Waals surface area contributed by atoms with Gasteiger partial charge in [0.15, 0.2) is 0 Å². The Morgan fingerprint density at radius 1 is 1.18 bits per heavy atom. The van der Waals surface area contributed by atoms with Crippen molar-refractivity contribution in [2.24, 2.45) is 28.6 Å². The van der Waals surface area contributed by atoms with Crippen LogP contribution in [0.4, 0.5) is 0 Å². The Morgan fingerprint density at radius 3 is 2.77 bits per heavy atom. The van der Waals surface area contributed by atoms with E-state index in [2.05, 4.69) is 19.6 Å². The minimum atomic E-state index is -0.0582. The second kappa shape index (κ2) is 4.80. The predicted octanol–water partition coefficient (Wildman–Crippen LogP) is 4.05. The van der Waals surface area contributed by atoms with Crippen molar-refractivity contribution >= 4 is 5.78 Å².